The number of rotatable bonds is 2. The molecule has 0 spiro atoms. The van der Waals surface area contributed by atoms with Crippen LogP contribution < -0.4 is 10.6 Å². The normalized spacial score (nSPS) is 17.1. The lowest BCUT2D eigenvalue weighted by atomic mass is 10.1. The number of aliphatic hydroxyl groups excluding tert-OH is 1. The van der Waals surface area contributed by atoms with Gasteiger partial charge >= 0.3 is 5.97 Å². The minimum absolute atomic E-state index is 0.133. The fraction of sp³-hybridized carbons (Fsp3) is 0.417. The van der Waals surface area contributed by atoms with Gasteiger partial charge in [0, 0.05) is 24.5 Å². The Morgan fingerprint density at radius 2 is 2.00 bits per heavy atom. The molecule has 0 aromatic heterocycles. The Morgan fingerprint density at radius 1 is 1.35 bits per heavy atom. The molecular formula is C12H16N2O3. The van der Waals surface area contributed by atoms with E-state index < -0.39 is 5.97 Å². The number of hydrogen-bond donors (Lipinski definition) is 3. The predicted octanol–water partition coefficient (Wildman–Crippen LogP) is 0.928. The molecule has 5 heteroatoms. The van der Waals surface area contributed by atoms with Crippen LogP contribution in [-0.4, -0.2) is 35.4 Å². The number of benzene rings is 1. The van der Waals surface area contributed by atoms with Crippen molar-refractivity contribution in [2.75, 3.05) is 23.7 Å². The van der Waals surface area contributed by atoms with E-state index in [1.165, 1.54) is 0 Å². The summed E-state index contributed by atoms with van der Waals surface area (Å²) in [6.45, 7) is 1.48. The highest BCUT2D eigenvalue weighted by Gasteiger charge is 2.18. The van der Waals surface area contributed by atoms with Gasteiger partial charge in [-0.2, -0.15) is 0 Å². The minimum atomic E-state index is -1.01. The van der Waals surface area contributed by atoms with Gasteiger partial charge in [0.25, 0.3) is 0 Å². The van der Waals surface area contributed by atoms with E-state index in [1.807, 2.05) is 6.07 Å². The molecular weight excluding hydrogens is 220 g/mol. The molecule has 0 aliphatic carbocycles. The maximum atomic E-state index is 11.0. The summed E-state index contributed by atoms with van der Waals surface area (Å²) >= 11 is 0. The molecule has 0 bridgehead atoms. The third-order valence-corrected chi connectivity index (χ3v) is 3.10. The molecule has 1 aromatic carbocycles. The number of anilines is 2. The summed E-state index contributed by atoms with van der Waals surface area (Å²) in [5, 5.41) is 18.4. The molecule has 4 N–H and O–H groups in total. The maximum absolute atomic E-state index is 11.0. The quantitative estimate of drug-likeness (QED) is 0.665. The lowest BCUT2D eigenvalue weighted by Crippen LogP contribution is -2.35. The number of carboxylic acids is 1. The number of nitrogens with zero attached hydrogens (tertiary/aromatic N) is 1. The zero-order valence-electron chi connectivity index (χ0n) is 9.47. The highest BCUT2D eigenvalue weighted by molar-refractivity contribution is 5.94. The van der Waals surface area contributed by atoms with E-state index in [-0.39, 0.29) is 17.4 Å². The molecule has 1 heterocycles. The SMILES string of the molecule is Nc1ccc(N2CCC(O)CC2)cc1C(=O)O. The Balaban J connectivity index is 2.21. The molecule has 0 saturated carbocycles. The van der Waals surface area contributed by atoms with E-state index in [2.05, 4.69) is 4.90 Å². The highest BCUT2D eigenvalue weighted by Crippen LogP contribution is 2.24. The van der Waals surface area contributed by atoms with Crippen molar-refractivity contribution in [2.45, 2.75) is 18.9 Å². The molecule has 5 nitrogen and oxygen atoms in total. The summed E-state index contributed by atoms with van der Waals surface area (Å²) in [6.07, 6.45) is 1.19. The lowest BCUT2D eigenvalue weighted by molar-refractivity contribution is 0.0698. The fourth-order valence-corrected chi connectivity index (χ4v) is 2.05. The molecule has 0 radical (unpaired) electrons. The Morgan fingerprint density at radius 3 is 2.59 bits per heavy atom. The van der Waals surface area contributed by atoms with Crippen LogP contribution in [0.25, 0.3) is 0 Å². The lowest BCUT2D eigenvalue weighted by Gasteiger charge is -2.31. The third-order valence-electron chi connectivity index (χ3n) is 3.10. The van der Waals surface area contributed by atoms with Crippen molar-refractivity contribution < 1.29 is 15.0 Å². The second-order valence-corrected chi connectivity index (χ2v) is 4.29. The van der Waals surface area contributed by atoms with Crippen LogP contribution in [0.2, 0.25) is 0 Å². The minimum Gasteiger partial charge on any atom is -0.478 e. The molecule has 1 fully saturated rings. The van der Waals surface area contributed by atoms with Crippen molar-refractivity contribution in [1.29, 1.82) is 0 Å². The van der Waals surface area contributed by atoms with E-state index in [1.54, 1.807) is 12.1 Å². The van der Waals surface area contributed by atoms with Gasteiger partial charge in [-0.15, -0.1) is 0 Å². The van der Waals surface area contributed by atoms with Crippen LogP contribution in [0.1, 0.15) is 23.2 Å². The second kappa shape index (κ2) is 4.63. The van der Waals surface area contributed by atoms with Crippen molar-refractivity contribution >= 4 is 17.3 Å². The van der Waals surface area contributed by atoms with Crippen molar-refractivity contribution in [1.82, 2.24) is 0 Å². The van der Waals surface area contributed by atoms with E-state index in [0.717, 1.165) is 18.8 Å². The number of aliphatic hydroxyl groups is 1. The maximum Gasteiger partial charge on any atom is 0.337 e. The predicted molar refractivity (Wildman–Crippen MR) is 65.3 cm³/mol. The second-order valence-electron chi connectivity index (χ2n) is 4.29. The number of carbonyl (C=O) groups is 1. The molecule has 17 heavy (non-hydrogen) atoms. The number of nitrogens with two attached hydrogens (primary N) is 1. The topological polar surface area (TPSA) is 86.8 Å². The first kappa shape index (κ1) is 11.7. The summed E-state index contributed by atoms with van der Waals surface area (Å²) in [7, 11) is 0. The standard InChI is InChI=1S/C12H16N2O3/c13-11-2-1-8(7-10(11)12(16)17)14-5-3-9(15)4-6-14/h1-2,7,9,15H,3-6,13H2,(H,16,17). The largest absolute Gasteiger partial charge is 0.478 e. The van der Waals surface area contributed by atoms with Crippen LogP contribution in [-0.2, 0) is 0 Å². The Hall–Kier alpha value is -1.75. The van der Waals surface area contributed by atoms with Crippen LogP contribution >= 0.6 is 0 Å². The summed E-state index contributed by atoms with van der Waals surface area (Å²) in [6, 6.07) is 5.03. The van der Waals surface area contributed by atoms with Crippen LogP contribution in [0.3, 0.4) is 0 Å². The highest BCUT2D eigenvalue weighted by atomic mass is 16.4. The summed E-state index contributed by atoms with van der Waals surface area (Å²) in [5.74, 6) is -1.01. The van der Waals surface area contributed by atoms with Crippen LogP contribution in [0.15, 0.2) is 18.2 Å². The molecule has 1 aliphatic rings. The molecule has 1 aromatic rings. The van der Waals surface area contributed by atoms with E-state index in [4.69, 9.17) is 10.8 Å². The number of piperidine rings is 1. The monoisotopic (exact) mass is 236 g/mol. The molecule has 2 rings (SSSR count). The molecule has 1 aliphatic heterocycles. The molecule has 1 saturated heterocycles. The van der Waals surface area contributed by atoms with Crippen molar-refractivity contribution in [3.63, 3.8) is 0 Å². The first-order valence-corrected chi connectivity index (χ1v) is 5.64. The van der Waals surface area contributed by atoms with Crippen molar-refractivity contribution in [2.24, 2.45) is 0 Å². The number of hydrogen-bond acceptors (Lipinski definition) is 4. The van der Waals surface area contributed by atoms with Crippen LogP contribution in [0, 0.1) is 0 Å². The number of nitrogen functional groups attached to an aromatic ring is 1. The van der Waals surface area contributed by atoms with E-state index in [9.17, 15) is 9.90 Å². The van der Waals surface area contributed by atoms with Crippen LogP contribution in [0.5, 0.6) is 0 Å². The Kier molecular flexibility index (Phi) is 3.19. The van der Waals surface area contributed by atoms with Crippen molar-refractivity contribution in [3.8, 4) is 0 Å². The fourth-order valence-electron chi connectivity index (χ4n) is 2.05. The van der Waals surface area contributed by atoms with Crippen LogP contribution in [0.4, 0.5) is 11.4 Å². The summed E-state index contributed by atoms with van der Waals surface area (Å²) in [4.78, 5) is 13.0. The van der Waals surface area contributed by atoms with Gasteiger partial charge in [-0.3, -0.25) is 0 Å². The third kappa shape index (κ3) is 2.50. The van der Waals surface area contributed by atoms with Gasteiger partial charge in [-0.25, -0.2) is 4.79 Å². The van der Waals surface area contributed by atoms with Gasteiger partial charge in [0.1, 0.15) is 0 Å². The number of aromatic carboxylic acids is 1. The average Bonchev–Trinajstić information content (AvgIpc) is 2.30. The van der Waals surface area contributed by atoms with Gasteiger partial charge in [-0.1, -0.05) is 0 Å². The summed E-state index contributed by atoms with van der Waals surface area (Å²) < 4.78 is 0. The molecule has 0 unspecified atom stereocenters. The van der Waals surface area contributed by atoms with Gasteiger partial charge in [-0.05, 0) is 31.0 Å². The van der Waals surface area contributed by atoms with Gasteiger partial charge < -0.3 is 20.8 Å². The first-order valence-electron chi connectivity index (χ1n) is 5.64. The van der Waals surface area contributed by atoms with Gasteiger partial charge in [0.05, 0.1) is 11.7 Å². The van der Waals surface area contributed by atoms with Gasteiger partial charge in [0.15, 0.2) is 0 Å². The van der Waals surface area contributed by atoms with E-state index >= 15 is 0 Å². The number of carboxylic acid groups (broad SMARTS) is 1. The smallest absolute Gasteiger partial charge is 0.337 e. The molecule has 0 amide bonds. The Labute approximate surface area is 99.5 Å². The zero-order chi connectivity index (χ0) is 12.4. The average molecular weight is 236 g/mol. The van der Waals surface area contributed by atoms with Gasteiger partial charge in [0.2, 0.25) is 0 Å². The molecule has 92 valence electrons. The Bertz CT molecular complexity index is 426. The summed E-state index contributed by atoms with van der Waals surface area (Å²) in [5.41, 5.74) is 6.86. The zero-order valence-corrected chi connectivity index (χ0v) is 9.47. The van der Waals surface area contributed by atoms with Crippen molar-refractivity contribution in [3.05, 3.63) is 23.8 Å². The molecule has 0 atom stereocenters. The van der Waals surface area contributed by atoms with E-state index in [0.29, 0.717) is 12.8 Å². The first-order chi connectivity index (χ1) is 8.08.